The number of ether oxygens (including phenoxy) is 1. The highest BCUT2D eigenvalue weighted by molar-refractivity contribution is 7.12. The number of hydrogen-bond acceptors (Lipinski definition) is 8. The molecule has 0 spiro atoms. The van der Waals surface area contributed by atoms with E-state index in [1.807, 2.05) is 17.3 Å². The second-order valence-electron chi connectivity index (χ2n) is 5.79. The summed E-state index contributed by atoms with van der Waals surface area (Å²) in [5.41, 5.74) is 0. The number of rotatable bonds is 5. The number of amides is 1. The molecule has 2 atom stereocenters. The van der Waals surface area contributed by atoms with Gasteiger partial charge >= 0.3 is 0 Å². The lowest BCUT2D eigenvalue weighted by Crippen LogP contribution is -2.40. The van der Waals surface area contributed by atoms with Gasteiger partial charge in [-0.25, -0.2) is 0 Å². The summed E-state index contributed by atoms with van der Waals surface area (Å²) in [5.74, 6) is 1.45. The van der Waals surface area contributed by atoms with Crippen LogP contribution in [0.2, 0.25) is 0 Å². The van der Waals surface area contributed by atoms with Gasteiger partial charge in [-0.05, 0) is 18.5 Å². The van der Waals surface area contributed by atoms with E-state index in [0.29, 0.717) is 35.5 Å². The predicted octanol–water partition coefficient (Wildman–Crippen LogP) is 0.765. The largest absolute Gasteiger partial charge is 0.495 e. The van der Waals surface area contributed by atoms with E-state index >= 15 is 0 Å². The molecule has 1 fully saturated rings. The van der Waals surface area contributed by atoms with Gasteiger partial charge in [-0.15, -0.1) is 21.5 Å². The maximum atomic E-state index is 12.6. The van der Waals surface area contributed by atoms with Crippen LogP contribution >= 0.6 is 11.3 Å². The van der Waals surface area contributed by atoms with Crippen molar-refractivity contribution >= 4 is 17.2 Å². The number of hydrogen-bond donors (Lipinski definition) is 1. The number of aliphatic hydroxyl groups is 1. The molecule has 0 bridgehead atoms. The van der Waals surface area contributed by atoms with Gasteiger partial charge in [-0.1, -0.05) is 0 Å². The Hall–Kier alpha value is -1.97. The minimum Gasteiger partial charge on any atom is -0.495 e. The number of carbonyl (C=O) groups is 1. The van der Waals surface area contributed by atoms with Crippen LogP contribution in [0.15, 0.2) is 15.9 Å². The molecule has 1 amide bonds. The fraction of sp³-hybridized carbons (Fsp3) is 0.533. The molecular weight excluding hydrogens is 332 g/mol. The quantitative estimate of drug-likeness (QED) is 0.849. The first-order valence-electron chi connectivity index (χ1n) is 7.57. The summed E-state index contributed by atoms with van der Waals surface area (Å²) < 4.78 is 10.6. The Morgan fingerprint density at radius 2 is 2.33 bits per heavy atom. The Kier molecular flexibility index (Phi) is 4.83. The molecule has 3 rings (SSSR count). The van der Waals surface area contributed by atoms with Gasteiger partial charge in [-0.3, -0.25) is 9.69 Å². The van der Waals surface area contributed by atoms with Crippen molar-refractivity contribution in [3.63, 3.8) is 0 Å². The average molecular weight is 352 g/mol. The van der Waals surface area contributed by atoms with Gasteiger partial charge in [0.25, 0.3) is 5.91 Å². The number of likely N-dealkylation sites (N-methyl/N-ethyl adjacent to an activating group) is 1. The highest BCUT2D eigenvalue weighted by Gasteiger charge is 2.38. The van der Waals surface area contributed by atoms with Crippen molar-refractivity contribution in [3.8, 4) is 5.75 Å². The number of β-amino-alcohol motifs (C(OH)–C–C–N with tert-alkyl or cyclic N) is 1. The van der Waals surface area contributed by atoms with Crippen molar-refractivity contribution < 1.29 is 19.1 Å². The molecule has 1 unspecified atom stereocenters. The van der Waals surface area contributed by atoms with Crippen molar-refractivity contribution in [2.45, 2.75) is 25.6 Å². The molecule has 2 aromatic heterocycles. The highest BCUT2D eigenvalue weighted by atomic mass is 32.1. The number of aryl methyl sites for hydroxylation is 1. The predicted molar refractivity (Wildman–Crippen MR) is 87.1 cm³/mol. The Morgan fingerprint density at radius 3 is 3.00 bits per heavy atom. The second-order valence-corrected chi connectivity index (χ2v) is 6.71. The summed E-state index contributed by atoms with van der Waals surface area (Å²) in [4.78, 5) is 16.8. The molecule has 0 saturated carbocycles. The monoisotopic (exact) mass is 352 g/mol. The van der Waals surface area contributed by atoms with E-state index in [2.05, 4.69) is 10.2 Å². The Morgan fingerprint density at radius 1 is 1.54 bits per heavy atom. The summed E-state index contributed by atoms with van der Waals surface area (Å²) in [5, 5.41) is 19.9. The molecule has 0 aromatic carbocycles. The van der Waals surface area contributed by atoms with Crippen molar-refractivity contribution in [2.75, 3.05) is 27.2 Å². The van der Waals surface area contributed by atoms with Gasteiger partial charge in [0.1, 0.15) is 10.6 Å². The van der Waals surface area contributed by atoms with E-state index in [1.165, 1.54) is 11.3 Å². The third-order valence-electron chi connectivity index (χ3n) is 4.11. The van der Waals surface area contributed by atoms with Gasteiger partial charge in [0.2, 0.25) is 11.8 Å². The Labute approximate surface area is 143 Å². The van der Waals surface area contributed by atoms with E-state index in [9.17, 15) is 9.90 Å². The van der Waals surface area contributed by atoms with Gasteiger partial charge in [0.05, 0.1) is 25.8 Å². The fourth-order valence-electron chi connectivity index (χ4n) is 2.86. The lowest BCUT2D eigenvalue weighted by Gasteiger charge is -2.24. The molecular formula is C15H20N4O4S. The van der Waals surface area contributed by atoms with E-state index in [4.69, 9.17) is 9.15 Å². The van der Waals surface area contributed by atoms with Crippen LogP contribution < -0.4 is 4.74 Å². The van der Waals surface area contributed by atoms with E-state index in [1.54, 1.807) is 25.0 Å². The Bertz CT molecular complexity index is 716. The minimum atomic E-state index is -0.631. The van der Waals surface area contributed by atoms with Crippen LogP contribution in [0.3, 0.4) is 0 Å². The first-order valence-corrected chi connectivity index (χ1v) is 8.45. The number of aromatic nitrogens is 2. The summed E-state index contributed by atoms with van der Waals surface area (Å²) in [6, 6.07) is 1.58. The smallest absolute Gasteiger partial charge is 0.267 e. The lowest BCUT2D eigenvalue weighted by atomic mass is 10.2. The SMILES string of the molecule is COc1ccsc1C(=O)N1CC(N(C)Cc2nnc(C)o2)[C@H](O)C1. The molecule has 1 N–H and O–H groups in total. The topological polar surface area (TPSA) is 91.9 Å². The lowest BCUT2D eigenvalue weighted by molar-refractivity contribution is 0.0763. The normalized spacial score (nSPS) is 20.8. The first-order chi connectivity index (χ1) is 11.5. The van der Waals surface area contributed by atoms with E-state index in [-0.39, 0.29) is 18.5 Å². The van der Waals surface area contributed by atoms with Crippen LogP contribution in [0.1, 0.15) is 21.5 Å². The van der Waals surface area contributed by atoms with Crippen molar-refractivity contribution in [1.82, 2.24) is 20.0 Å². The van der Waals surface area contributed by atoms with Crippen molar-refractivity contribution in [1.29, 1.82) is 0 Å². The maximum absolute atomic E-state index is 12.6. The first kappa shape index (κ1) is 16.9. The van der Waals surface area contributed by atoms with Crippen LogP contribution in [-0.2, 0) is 6.54 Å². The molecule has 1 saturated heterocycles. The number of likely N-dealkylation sites (tertiary alicyclic amines) is 1. The van der Waals surface area contributed by atoms with Gasteiger partial charge < -0.3 is 19.2 Å². The summed E-state index contributed by atoms with van der Waals surface area (Å²) >= 11 is 1.34. The molecule has 0 radical (unpaired) electrons. The third kappa shape index (κ3) is 3.28. The molecule has 1 aliphatic heterocycles. The third-order valence-corrected chi connectivity index (χ3v) is 4.99. The molecule has 130 valence electrons. The van der Waals surface area contributed by atoms with Gasteiger partial charge in [-0.2, -0.15) is 0 Å². The van der Waals surface area contributed by atoms with Crippen LogP contribution in [0.4, 0.5) is 0 Å². The summed E-state index contributed by atoms with van der Waals surface area (Å²) in [6.07, 6.45) is -0.631. The van der Waals surface area contributed by atoms with Crippen LogP contribution in [0.5, 0.6) is 5.75 Å². The van der Waals surface area contributed by atoms with Crippen LogP contribution in [0.25, 0.3) is 0 Å². The van der Waals surface area contributed by atoms with Crippen molar-refractivity contribution in [2.24, 2.45) is 0 Å². The second kappa shape index (κ2) is 6.88. The molecule has 1 aliphatic rings. The van der Waals surface area contributed by atoms with Crippen LogP contribution in [-0.4, -0.2) is 70.4 Å². The van der Waals surface area contributed by atoms with Gasteiger partial charge in [0, 0.05) is 20.0 Å². The molecule has 9 heteroatoms. The van der Waals surface area contributed by atoms with Gasteiger partial charge in [0.15, 0.2) is 0 Å². The molecule has 2 aromatic rings. The number of nitrogens with zero attached hydrogens (tertiary/aromatic N) is 4. The molecule has 8 nitrogen and oxygen atoms in total. The number of carbonyl (C=O) groups excluding carboxylic acids is 1. The molecule has 0 aliphatic carbocycles. The van der Waals surface area contributed by atoms with Crippen LogP contribution in [0, 0.1) is 6.92 Å². The number of methoxy groups -OCH3 is 1. The number of thiophene rings is 1. The zero-order valence-electron chi connectivity index (χ0n) is 13.8. The average Bonchev–Trinajstić information content (AvgIpc) is 3.26. The molecule has 3 heterocycles. The Balaban J connectivity index is 1.66. The summed E-state index contributed by atoms with van der Waals surface area (Å²) in [7, 11) is 3.41. The minimum absolute atomic E-state index is 0.120. The fourth-order valence-corrected chi connectivity index (χ4v) is 3.68. The van der Waals surface area contributed by atoms with Crippen molar-refractivity contribution in [3.05, 3.63) is 28.1 Å². The highest BCUT2D eigenvalue weighted by Crippen LogP contribution is 2.28. The zero-order valence-corrected chi connectivity index (χ0v) is 14.6. The number of aliphatic hydroxyl groups excluding tert-OH is 1. The molecule has 24 heavy (non-hydrogen) atoms. The van der Waals surface area contributed by atoms with E-state index in [0.717, 1.165) is 0 Å². The maximum Gasteiger partial charge on any atom is 0.267 e. The standard InChI is InChI=1S/C15H20N4O4S/c1-9-16-17-13(23-9)8-18(2)10-6-19(7-11(10)20)15(21)14-12(22-3)4-5-24-14/h4-5,10-11,20H,6-8H2,1-3H3/t10?,11-/m1/s1. The zero-order chi connectivity index (χ0) is 17.3. The van der Waals surface area contributed by atoms with E-state index < -0.39 is 6.10 Å². The summed E-state index contributed by atoms with van der Waals surface area (Å²) in [6.45, 7) is 2.88.